The molecule has 7 nitrogen and oxygen atoms in total. The summed E-state index contributed by atoms with van der Waals surface area (Å²) in [4.78, 5) is 18.4. The van der Waals surface area contributed by atoms with Gasteiger partial charge >= 0.3 is 0 Å². The van der Waals surface area contributed by atoms with Gasteiger partial charge in [-0.1, -0.05) is 28.9 Å². The largest absolute Gasteiger partial charge is 0.387 e. The molecule has 2 aromatic rings. The van der Waals surface area contributed by atoms with E-state index in [1.165, 1.54) is 0 Å². The van der Waals surface area contributed by atoms with Gasteiger partial charge in [0, 0.05) is 17.6 Å². The van der Waals surface area contributed by atoms with E-state index in [1.807, 2.05) is 12.1 Å². The maximum absolute atomic E-state index is 12.0. The fourth-order valence-electron chi connectivity index (χ4n) is 3.31. The van der Waals surface area contributed by atoms with Gasteiger partial charge in [-0.3, -0.25) is 9.69 Å². The number of hydrogen-bond acceptors (Lipinski definition) is 6. The summed E-state index contributed by atoms with van der Waals surface area (Å²) in [6.45, 7) is 1.27. The fraction of sp³-hybridized carbons (Fsp3) is 0.500. The minimum Gasteiger partial charge on any atom is -0.387 e. The summed E-state index contributed by atoms with van der Waals surface area (Å²) >= 11 is 6.01. The SMILES string of the molecule is O=C(NC1CC1)c1noc([C@@H]2CCCN2C[C@@H](O)c2cccc(Cl)c2)n1. The highest BCUT2D eigenvalue weighted by atomic mass is 35.5. The Bertz CT molecular complexity index is 792. The zero-order valence-electron chi connectivity index (χ0n) is 14.3. The van der Waals surface area contributed by atoms with Crippen molar-refractivity contribution in [3.05, 3.63) is 46.6 Å². The van der Waals surface area contributed by atoms with E-state index in [4.69, 9.17) is 16.1 Å². The topological polar surface area (TPSA) is 91.5 Å². The molecule has 2 atom stereocenters. The number of nitrogens with one attached hydrogen (secondary N) is 1. The zero-order chi connectivity index (χ0) is 18.1. The average Bonchev–Trinajstić information content (AvgIpc) is 3.10. The quantitative estimate of drug-likeness (QED) is 0.804. The molecule has 2 N–H and O–H groups in total. The van der Waals surface area contributed by atoms with Crippen molar-refractivity contribution < 1.29 is 14.4 Å². The standard InChI is InChI=1S/C18H21ClN4O3/c19-12-4-1-3-11(9-12)15(24)10-23-8-2-5-14(23)18-21-16(22-26-18)17(25)20-13-6-7-13/h1,3-4,9,13-15,24H,2,5-8,10H2,(H,20,25)/t14-,15+/m0/s1. The minimum atomic E-state index is -0.658. The second kappa shape index (κ2) is 7.34. The molecule has 0 unspecified atom stereocenters. The number of carbonyl (C=O) groups excluding carboxylic acids is 1. The van der Waals surface area contributed by atoms with Gasteiger partial charge < -0.3 is 14.9 Å². The second-order valence-corrected chi connectivity index (χ2v) is 7.36. The predicted molar refractivity (Wildman–Crippen MR) is 94.7 cm³/mol. The summed E-state index contributed by atoms with van der Waals surface area (Å²) < 4.78 is 5.34. The molecule has 8 heteroatoms. The Kier molecular flexibility index (Phi) is 4.93. The number of aliphatic hydroxyl groups is 1. The van der Waals surface area contributed by atoms with Gasteiger partial charge in [0.25, 0.3) is 11.7 Å². The van der Waals surface area contributed by atoms with Crippen LogP contribution >= 0.6 is 11.6 Å². The number of benzene rings is 1. The highest BCUT2D eigenvalue weighted by Crippen LogP contribution is 2.33. The van der Waals surface area contributed by atoms with Gasteiger partial charge in [0.1, 0.15) is 0 Å². The molecule has 1 saturated heterocycles. The molecule has 0 bridgehead atoms. The van der Waals surface area contributed by atoms with Crippen LogP contribution in [0.2, 0.25) is 5.02 Å². The first-order valence-electron chi connectivity index (χ1n) is 8.92. The lowest BCUT2D eigenvalue weighted by Crippen LogP contribution is -2.29. The van der Waals surface area contributed by atoms with Crippen molar-refractivity contribution in [3.8, 4) is 0 Å². The number of aromatic nitrogens is 2. The molecule has 138 valence electrons. The number of amides is 1. The van der Waals surface area contributed by atoms with Crippen LogP contribution in [0.4, 0.5) is 0 Å². The third-order valence-corrected chi connectivity index (χ3v) is 5.08. The van der Waals surface area contributed by atoms with Crippen molar-refractivity contribution in [2.24, 2.45) is 0 Å². The third-order valence-electron chi connectivity index (χ3n) is 4.85. The molecule has 1 aromatic carbocycles. The van der Waals surface area contributed by atoms with Gasteiger partial charge in [-0.2, -0.15) is 4.98 Å². The van der Waals surface area contributed by atoms with E-state index in [9.17, 15) is 9.90 Å². The molecule has 1 aromatic heterocycles. The van der Waals surface area contributed by atoms with Crippen LogP contribution < -0.4 is 5.32 Å². The molecular formula is C18H21ClN4O3. The predicted octanol–water partition coefficient (Wildman–Crippen LogP) is 2.49. The lowest BCUT2D eigenvalue weighted by molar-refractivity contribution is 0.0937. The summed E-state index contributed by atoms with van der Waals surface area (Å²) in [6.07, 6.45) is 3.19. The Labute approximate surface area is 156 Å². The maximum atomic E-state index is 12.0. The molecule has 2 aliphatic rings. The first-order chi connectivity index (χ1) is 12.6. The minimum absolute atomic E-state index is 0.0779. The maximum Gasteiger partial charge on any atom is 0.292 e. The van der Waals surface area contributed by atoms with Crippen molar-refractivity contribution >= 4 is 17.5 Å². The normalized spacial score (nSPS) is 21.7. The van der Waals surface area contributed by atoms with Gasteiger partial charge in [0.05, 0.1) is 12.1 Å². The fourth-order valence-corrected chi connectivity index (χ4v) is 3.50. The van der Waals surface area contributed by atoms with E-state index in [0.29, 0.717) is 17.5 Å². The van der Waals surface area contributed by atoms with E-state index in [-0.39, 0.29) is 23.8 Å². The third kappa shape index (κ3) is 3.90. The van der Waals surface area contributed by atoms with Crippen molar-refractivity contribution in [3.63, 3.8) is 0 Å². The Morgan fingerprint density at radius 2 is 2.27 bits per heavy atom. The number of rotatable bonds is 6. The Hall–Kier alpha value is -1.96. The lowest BCUT2D eigenvalue weighted by atomic mass is 10.1. The molecule has 4 rings (SSSR count). The lowest BCUT2D eigenvalue weighted by Gasteiger charge is -2.24. The van der Waals surface area contributed by atoms with E-state index in [1.54, 1.807) is 12.1 Å². The highest BCUT2D eigenvalue weighted by molar-refractivity contribution is 6.30. The van der Waals surface area contributed by atoms with Gasteiger partial charge in [-0.15, -0.1) is 0 Å². The number of β-amino-alcohol motifs (C(OH)–C–C–N with tert-alkyl or cyclic N) is 1. The van der Waals surface area contributed by atoms with Crippen molar-refractivity contribution in [1.82, 2.24) is 20.4 Å². The van der Waals surface area contributed by atoms with Crippen molar-refractivity contribution in [1.29, 1.82) is 0 Å². The average molecular weight is 377 g/mol. The molecule has 26 heavy (non-hydrogen) atoms. The highest BCUT2D eigenvalue weighted by Gasteiger charge is 2.33. The molecule has 0 spiro atoms. The molecule has 1 saturated carbocycles. The van der Waals surface area contributed by atoms with Crippen LogP contribution in [0, 0.1) is 0 Å². The summed E-state index contributed by atoms with van der Waals surface area (Å²) in [6, 6.07) is 7.40. The number of nitrogens with zero attached hydrogens (tertiary/aromatic N) is 3. The van der Waals surface area contributed by atoms with E-state index in [2.05, 4.69) is 20.4 Å². The molecular weight excluding hydrogens is 356 g/mol. The van der Waals surface area contributed by atoms with Crippen molar-refractivity contribution in [2.45, 2.75) is 43.9 Å². The van der Waals surface area contributed by atoms with E-state index >= 15 is 0 Å². The Morgan fingerprint density at radius 1 is 1.42 bits per heavy atom. The Morgan fingerprint density at radius 3 is 3.04 bits per heavy atom. The van der Waals surface area contributed by atoms with Gasteiger partial charge in [0.2, 0.25) is 5.89 Å². The molecule has 1 amide bonds. The van der Waals surface area contributed by atoms with Crippen LogP contribution in [0.15, 0.2) is 28.8 Å². The molecule has 2 heterocycles. The number of halogens is 1. The van der Waals surface area contributed by atoms with E-state index < -0.39 is 6.10 Å². The molecule has 1 aliphatic carbocycles. The number of hydrogen-bond donors (Lipinski definition) is 2. The molecule has 1 aliphatic heterocycles. The first-order valence-corrected chi connectivity index (χ1v) is 9.30. The summed E-state index contributed by atoms with van der Waals surface area (Å²) in [5, 5.41) is 17.8. The van der Waals surface area contributed by atoms with Crippen molar-refractivity contribution in [2.75, 3.05) is 13.1 Å². The number of carbonyl (C=O) groups is 1. The summed E-state index contributed by atoms with van der Waals surface area (Å²) in [7, 11) is 0. The smallest absolute Gasteiger partial charge is 0.292 e. The van der Waals surface area contributed by atoms with E-state index in [0.717, 1.165) is 37.8 Å². The monoisotopic (exact) mass is 376 g/mol. The number of aliphatic hydroxyl groups excluding tert-OH is 1. The Balaban J connectivity index is 1.43. The van der Waals surface area contributed by atoms with Crippen LogP contribution in [0.3, 0.4) is 0 Å². The first kappa shape index (κ1) is 17.5. The van der Waals surface area contributed by atoms with Gasteiger partial charge in [0.15, 0.2) is 0 Å². The molecule has 0 radical (unpaired) electrons. The second-order valence-electron chi connectivity index (χ2n) is 6.93. The van der Waals surface area contributed by atoms with Crippen LogP contribution in [-0.4, -0.2) is 45.2 Å². The van der Waals surface area contributed by atoms with Crippen LogP contribution in [-0.2, 0) is 0 Å². The van der Waals surface area contributed by atoms with Gasteiger partial charge in [-0.25, -0.2) is 0 Å². The van der Waals surface area contributed by atoms with Crippen LogP contribution in [0.1, 0.15) is 59.9 Å². The number of likely N-dealkylation sites (tertiary alicyclic amines) is 1. The summed E-state index contributed by atoms with van der Waals surface area (Å²) in [5.74, 6) is 0.224. The summed E-state index contributed by atoms with van der Waals surface area (Å²) in [5.41, 5.74) is 0.776. The van der Waals surface area contributed by atoms with Crippen LogP contribution in [0.25, 0.3) is 0 Å². The van der Waals surface area contributed by atoms with Gasteiger partial charge in [-0.05, 0) is 49.9 Å². The van der Waals surface area contributed by atoms with Crippen LogP contribution in [0.5, 0.6) is 0 Å². The molecule has 2 fully saturated rings. The zero-order valence-corrected chi connectivity index (χ0v) is 15.0.